The standard InChI is InChI=1S/C8H8F6O/c9-7(10,11)5-1-3-6(15,4-2-5)8(12,13)14/h1,3,5,15H,2,4H2. The van der Waals surface area contributed by atoms with Crippen molar-refractivity contribution in [1.29, 1.82) is 0 Å². The first kappa shape index (κ1) is 12.4. The molecule has 2 unspecified atom stereocenters. The second-order valence-corrected chi connectivity index (χ2v) is 3.47. The highest BCUT2D eigenvalue weighted by molar-refractivity contribution is 5.12. The molecule has 2 atom stereocenters. The summed E-state index contributed by atoms with van der Waals surface area (Å²) in [6.07, 6.45) is -10.6. The van der Waals surface area contributed by atoms with E-state index in [1.165, 1.54) is 0 Å². The maximum absolute atomic E-state index is 12.2. The molecular formula is C8H8F6O. The lowest BCUT2D eigenvalue weighted by Gasteiger charge is -2.33. The van der Waals surface area contributed by atoms with E-state index < -0.39 is 36.7 Å². The molecule has 0 spiro atoms. The number of alkyl halides is 6. The fraction of sp³-hybridized carbons (Fsp3) is 0.750. The van der Waals surface area contributed by atoms with Crippen LogP contribution in [0.15, 0.2) is 12.2 Å². The Morgan fingerprint density at radius 2 is 1.67 bits per heavy atom. The van der Waals surface area contributed by atoms with Gasteiger partial charge in [-0.2, -0.15) is 26.3 Å². The highest BCUT2D eigenvalue weighted by atomic mass is 19.4. The minimum absolute atomic E-state index is 0.189. The Morgan fingerprint density at radius 3 is 1.93 bits per heavy atom. The van der Waals surface area contributed by atoms with Crippen LogP contribution >= 0.6 is 0 Å². The Morgan fingerprint density at radius 1 is 1.13 bits per heavy atom. The van der Waals surface area contributed by atoms with Gasteiger partial charge in [-0.1, -0.05) is 6.08 Å². The summed E-state index contributed by atoms with van der Waals surface area (Å²) in [6, 6.07) is 0. The van der Waals surface area contributed by atoms with Crippen molar-refractivity contribution in [2.45, 2.75) is 30.8 Å². The first-order valence-electron chi connectivity index (χ1n) is 4.11. The van der Waals surface area contributed by atoms with Crippen LogP contribution in [-0.4, -0.2) is 23.1 Å². The Labute approximate surface area is 81.4 Å². The van der Waals surface area contributed by atoms with Crippen LogP contribution in [0.2, 0.25) is 0 Å². The van der Waals surface area contributed by atoms with Gasteiger partial charge in [-0.15, -0.1) is 0 Å². The first-order valence-corrected chi connectivity index (χ1v) is 4.11. The van der Waals surface area contributed by atoms with Crippen molar-refractivity contribution >= 4 is 0 Å². The summed E-state index contributed by atoms with van der Waals surface area (Å²) in [7, 11) is 0. The highest BCUT2D eigenvalue weighted by Gasteiger charge is 2.54. The third kappa shape index (κ3) is 2.45. The van der Waals surface area contributed by atoms with Gasteiger partial charge in [0.1, 0.15) is 0 Å². The summed E-state index contributed by atoms with van der Waals surface area (Å²) in [5.74, 6) is -1.90. The van der Waals surface area contributed by atoms with Crippen LogP contribution in [0.3, 0.4) is 0 Å². The Bertz CT molecular complexity index is 265. The van der Waals surface area contributed by atoms with Crippen molar-refractivity contribution in [2.75, 3.05) is 0 Å². The van der Waals surface area contributed by atoms with Crippen LogP contribution in [0.25, 0.3) is 0 Å². The van der Waals surface area contributed by atoms with Crippen molar-refractivity contribution in [2.24, 2.45) is 5.92 Å². The predicted octanol–water partition coefficient (Wildman–Crippen LogP) is 2.81. The lowest BCUT2D eigenvalue weighted by atomic mass is 9.84. The molecule has 1 rings (SSSR count). The fourth-order valence-corrected chi connectivity index (χ4v) is 1.34. The van der Waals surface area contributed by atoms with E-state index in [0.717, 1.165) is 0 Å². The molecule has 0 aliphatic heterocycles. The van der Waals surface area contributed by atoms with Gasteiger partial charge in [-0.3, -0.25) is 0 Å². The summed E-state index contributed by atoms with van der Waals surface area (Å²) >= 11 is 0. The monoisotopic (exact) mass is 234 g/mol. The third-order valence-corrected chi connectivity index (χ3v) is 2.35. The Hall–Kier alpha value is -0.720. The number of hydrogen-bond acceptors (Lipinski definition) is 1. The maximum atomic E-state index is 12.2. The van der Waals surface area contributed by atoms with Crippen molar-refractivity contribution in [1.82, 2.24) is 0 Å². The number of allylic oxidation sites excluding steroid dienone is 1. The Kier molecular flexibility index (Phi) is 2.80. The van der Waals surface area contributed by atoms with Gasteiger partial charge in [0.2, 0.25) is 0 Å². The smallest absolute Gasteiger partial charge is 0.377 e. The van der Waals surface area contributed by atoms with E-state index in [-0.39, 0.29) is 6.08 Å². The summed E-state index contributed by atoms with van der Waals surface area (Å²) < 4.78 is 72.7. The molecule has 7 heteroatoms. The second kappa shape index (κ2) is 3.40. The van der Waals surface area contributed by atoms with Gasteiger partial charge in [-0.05, 0) is 18.9 Å². The lowest BCUT2D eigenvalue weighted by molar-refractivity contribution is -0.249. The molecule has 15 heavy (non-hydrogen) atoms. The number of aliphatic hydroxyl groups is 1. The predicted molar refractivity (Wildman–Crippen MR) is 38.9 cm³/mol. The second-order valence-electron chi connectivity index (χ2n) is 3.47. The molecule has 1 aliphatic carbocycles. The molecule has 0 aromatic heterocycles. The van der Waals surface area contributed by atoms with Gasteiger partial charge in [0.25, 0.3) is 0 Å². The quantitative estimate of drug-likeness (QED) is 0.504. The highest BCUT2D eigenvalue weighted by Crippen LogP contribution is 2.43. The first-order chi connectivity index (χ1) is 6.56. The zero-order valence-corrected chi connectivity index (χ0v) is 7.36. The summed E-state index contributed by atoms with van der Waals surface area (Å²) in [5, 5.41) is 9.01. The molecule has 0 fully saturated rings. The maximum Gasteiger partial charge on any atom is 0.420 e. The van der Waals surface area contributed by atoms with Gasteiger partial charge in [0.05, 0.1) is 5.92 Å². The van der Waals surface area contributed by atoms with Crippen LogP contribution in [0.1, 0.15) is 12.8 Å². The molecule has 0 saturated carbocycles. The zero-order chi connectivity index (χ0) is 11.9. The topological polar surface area (TPSA) is 20.2 Å². The molecule has 1 aliphatic rings. The van der Waals surface area contributed by atoms with E-state index in [1.54, 1.807) is 0 Å². The summed E-state index contributed by atoms with van der Waals surface area (Å²) in [6.45, 7) is 0. The van der Waals surface area contributed by atoms with Crippen LogP contribution in [0, 0.1) is 5.92 Å². The molecule has 1 N–H and O–H groups in total. The van der Waals surface area contributed by atoms with E-state index in [1.807, 2.05) is 0 Å². The summed E-state index contributed by atoms with van der Waals surface area (Å²) in [5.41, 5.74) is -3.12. The van der Waals surface area contributed by atoms with E-state index in [4.69, 9.17) is 5.11 Å². The van der Waals surface area contributed by atoms with Gasteiger partial charge in [-0.25, -0.2) is 0 Å². The number of halogens is 6. The molecule has 1 nitrogen and oxygen atoms in total. The van der Waals surface area contributed by atoms with Crippen LogP contribution in [0.4, 0.5) is 26.3 Å². The van der Waals surface area contributed by atoms with E-state index in [9.17, 15) is 26.3 Å². The minimum Gasteiger partial charge on any atom is -0.377 e. The average molecular weight is 234 g/mol. The van der Waals surface area contributed by atoms with Gasteiger partial charge in [0, 0.05) is 0 Å². The fourth-order valence-electron chi connectivity index (χ4n) is 1.34. The largest absolute Gasteiger partial charge is 0.420 e. The molecule has 0 saturated heterocycles. The lowest BCUT2D eigenvalue weighted by Crippen LogP contribution is -2.46. The molecule has 88 valence electrons. The van der Waals surface area contributed by atoms with Crippen LogP contribution in [-0.2, 0) is 0 Å². The minimum atomic E-state index is -4.93. The Balaban J connectivity index is 2.83. The van der Waals surface area contributed by atoms with E-state index >= 15 is 0 Å². The molecule has 0 aromatic rings. The molecule has 0 aromatic carbocycles. The third-order valence-electron chi connectivity index (χ3n) is 2.35. The van der Waals surface area contributed by atoms with Crippen LogP contribution in [0.5, 0.6) is 0 Å². The zero-order valence-electron chi connectivity index (χ0n) is 7.36. The molecule has 0 radical (unpaired) electrons. The SMILES string of the molecule is OC1(C(F)(F)F)C=CC(C(F)(F)F)CC1. The molecule has 0 heterocycles. The van der Waals surface area contributed by atoms with Crippen molar-refractivity contribution in [3.63, 3.8) is 0 Å². The van der Waals surface area contributed by atoms with E-state index in [0.29, 0.717) is 6.08 Å². The van der Waals surface area contributed by atoms with Crippen molar-refractivity contribution in [3.8, 4) is 0 Å². The summed E-state index contributed by atoms with van der Waals surface area (Å²) in [4.78, 5) is 0. The van der Waals surface area contributed by atoms with Crippen LogP contribution < -0.4 is 0 Å². The van der Waals surface area contributed by atoms with Gasteiger partial charge < -0.3 is 5.11 Å². The van der Waals surface area contributed by atoms with Gasteiger partial charge in [0.15, 0.2) is 5.60 Å². The van der Waals surface area contributed by atoms with Crippen molar-refractivity contribution in [3.05, 3.63) is 12.2 Å². The number of hydrogen-bond donors (Lipinski definition) is 1. The van der Waals surface area contributed by atoms with E-state index in [2.05, 4.69) is 0 Å². The average Bonchev–Trinajstić information content (AvgIpc) is 2.01. The molecular weight excluding hydrogens is 226 g/mol. The van der Waals surface area contributed by atoms with Crippen molar-refractivity contribution < 1.29 is 31.4 Å². The molecule has 0 amide bonds. The molecule has 0 bridgehead atoms. The number of rotatable bonds is 0. The van der Waals surface area contributed by atoms with Gasteiger partial charge >= 0.3 is 12.4 Å². The normalized spacial score (nSPS) is 33.1.